The molecule has 0 aromatic carbocycles. The molecule has 0 unspecified atom stereocenters. The van der Waals surface area contributed by atoms with Crippen molar-refractivity contribution < 1.29 is 9.53 Å². The van der Waals surface area contributed by atoms with Crippen molar-refractivity contribution in [2.24, 2.45) is 0 Å². The maximum atomic E-state index is 13.1. The SMILES string of the molecule is C=CCn1c(SCC(=O)c2cc(C)n(C[C@@H]3CCCO3)c2C)nc2sc(CC)cc2c1=O. The number of ether oxygens (including phenoxy) is 1. The molecule has 1 aliphatic rings. The number of ketones is 1. The molecule has 1 fully saturated rings. The zero-order valence-corrected chi connectivity index (χ0v) is 20.5. The van der Waals surface area contributed by atoms with E-state index in [1.807, 2.05) is 26.0 Å². The van der Waals surface area contributed by atoms with Gasteiger partial charge in [-0.1, -0.05) is 24.8 Å². The quantitative estimate of drug-likeness (QED) is 0.194. The number of hydrogen-bond acceptors (Lipinski definition) is 6. The summed E-state index contributed by atoms with van der Waals surface area (Å²) in [6, 6.07) is 3.89. The van der Waals surface area contributed by atoms with E-state index in [2.05, 4.69) is 18.1 Å². The molecule has 32 heavy (non-hydrogen) atoms. The first-order valence-electron chi connectivity index (χ1n) is 11.0. The standard InChI is InChI=1S/C24H29N3O3S2/c1-5-9-26-23(29)20-12-18(6-2)32-22(20)25-24(26)31-14-21(28)19-11-15(3)27(16(19)4)13-17-8-7-10-30-17/h5,11-12,17H,1,6-10,13-14H2,2-4H3/t17-/m0/s1. The topological polar surface area (TPSA) is 66.1 Å². The van der Waals surface area contributed by atoms with Gasteiger partial charge in [0.05, 0.1) is 17.2 Å². The van der Waals surface area contributed by atoms with Crippen LogP contribution in [-0.2, 0) is 24.2 Å². The average Bonchev–Trinajstić information content (AvgIpc) is 3.50. The van der Waals surface area contributed by atoms with E-state index in [0.717, 1.165) is 59.1 Å². The van der Waals surface area contributed by atoms with Crippen LogP contribution in [0.15, 0.2) is 34.7 Å². The van der Waals surface area contributed by atoms with Gasteiger partial charge in [0.15, 0.2) is 10.9 Å². The minimum Gasteiger partial charge on any atom is -0.376 e. The Morgan fingerprint density at radius 1 is 1.38 bits per heavy atom. The van der Waals surface area contributed by atoms with Crippen LogP contribution in [0.3, 0.4) is 0 Å². The van der Waals surface area contributed by atoms with Crippen LogP contribution in [-0.4, -0.2) is 38.4 Å². The Morgan fingerprint density at radius 2 is 2.19 bits per heavy atom. The van der Waals surface area contributed by atoms with E-state index in [1.54, 1.807) is 22.0 Å². The molecule has 0 spiro atoms. The molecule has 1 atom stereocenters. The van der Waals surface area contributed by atoms with E-state index in [1.165, 1.54) is 11.8 Å². The maximum absolute atomic E-state index is 13.1. The van der Waals surface area contributed by atoms with Crippen LogP contribution >= 0.6 is 23.1 Å². The van der Waals surface area contributed by atoms with Crippen LogP contribution in [0.1, 0.15) is 46.4 Å². The first kappa shape index (κ1) is 23.0. The van der Waals surface area contributed by atoms with E-state index in [0.29, 0.717) is 17.1 Å². The summed E-state index contributed by atoms with van der Waals surface area (Å²) in [5, 5.41) is 1.20. The highest BCUT2D eigenvalue weighted by Gasteiger charge is 2.22. The van der Waals surface area contributed by atoms with Crippen molar-refractivity contribution in [3.63, 3.8) is 0 Å². The van der Waals surface area contributed by atoms with E-state index in [9.17, 15) is 9.59 Å². The van der Waals surface area contributed by atoms with Crippen LogP contribution in [0.4, 0.5) is 0 Å². The van der Waals surface area contributed by atoms with Gasteiger partial charge in [-0.3, -0.25) is 14.2 Å². The predicted octanol–water partition coefficient (Wildman–Crippen LogP) is 4.78. The third kappa shape index (κ3) is 4.49. The summed E-state index contributed by atoms with van der Waals surface area (Å²) in [6.45, 7) is 11.8. The van der Waals surface area contributed by atoms with Gasteiger partial charge in [0.1, 0.15) is 4.83 Å². The summed E-state index contributed by atoms with van der Waals surface area (Å²) in [5.74, 6) is 0.271. The largest absolute Gasteiger partial charge is 0.376 e. The summed E-state index contributed by atoms with van der Waals surface area (Å²) in [6.07, 6.45) is 4.94. The van der Waals surface area contributed by atoms with Crippen molar-refractivity contribution >= 4 is 39.1 Å². The summed E-state index contributed by atoms with van der Waals surface area (Å²) in [7, 11) is 0. The first-order valence-corrected chi connectivity index (χ1v) is 12.8. The molecule has 3 aromatic rings. The van der Waals surface area contributed by atoms with Gasteiger partial charge in [-0.25, -0.2) is 4.98 Å². The van der Waals surface area contributed by atoms with E-state index >= 15 is 0 Å². The van der Waals surface area contributed by atoms with Crippen molar-refractivity contribution in [3.05, 3.63) is 57.0 Å². The number of rotatable bonds is 9. The van der Waals surface area contributed by atoms with Crippen LogP contribution < -0.4 is 5.56 Å². The monoisotopic (exact) mass is 471 g/mol. The molecule has 0 saturated carbocycles. The summed E-state index contributed by atoms with van der Waals surface area (Å²) >= 11 is 2.86. The molecule has 0 bridgehead atoms. The lowest BCUT2D eigenvalue weighted by Crippen LogP contribution is -2.22. The van der Waals surface area contributed by atoms with Gasteiger partial charge < -0.3 is 9.30 Å². The number of fused-ring (bicyclic) bond motifs is 1. The fraction of sp³-hybridized carbons (Fsp3) is 0.458. The minimum atomic E-state index is -0.0736. The molecule has 0 N–H and O–H groups in total. The average molecular weight is 472 g/mol. The van der Waals surface area contributed by atoms with Gasteiger partial charge in [0.25, 0.3) is 5.56 Å². The second-order valence-electron chi connectivity index (χ2n) is 8.13. The van der Waals surface area contributed by atoms with Gasteiger partial charge in [-0.2, -0.15) is 0 Å². The molecule has 4 rings (SSSR count). The molecule has 170 valence electrons. The number of aryl methyl sites for hydroxylation is 2. The molecule has 3 aromatic heterocycles. The fourth-order valence-corrected chi connectivity index (χ4v) is 6.09. The third-order valence-corrected chi connectivity index (χ3v) is 8.09. The molecular weight excluding hydrogens is 442 g/mol. The van der Waals surface area contributed by atoms with E-state index in [4.69, 9.17) is 9.72 Å². The molecule has 0 amide bonds. The highest BCUT2D eigenvalue weighted by molar-refractivity contribution is 7.99. The van der Waals surface area contributed by atoms with Crippen molar-refractivity contribution in [1.82, 2.24) is 14.1 Å². The Bertz CT molecular complexity index is 1220. The summed E-state index contributed by atoms with van der Waals surface area (Å²) in [4.78, 5) is 32.7. The van der Waals surface area contributed by atoms with Gasteiger partial charge in [-0.05, 0) is 45.2 Å². The Morgan fingerprint density at radius 3 is 2.88 bits per heavy atom. The number of allylic oxidation sites excluding steroid dienone is 1. The number of Topliss-reactive ketones (excluding diaryl/α,β-unsaturated/α-hetero) is 1. The second-order valence-corrected chi connectivity index (χ2v) is 10.2. The predicted molar refractivity (Wildman–Crippen MR) is 131 cm³/mol. The fourth-order valence-electron chi connectivity index (χ4n) is 4.19. The number of hydrogen-bond donors (Lipinski definition) is 0. The Kier molecular flexibility index (Phi) is 7.02. The summed E-state index contributed by atoms with van der Waals surface area (Å²) in [5.41, 5.74) is 2.70. The molecule has 6 nitrogen and oxygen atoms in total. The molecule has 8 heteroatoms. The molecule has 1 aliphatic heterocycles. The number of nitrogens with zero attached hydrogens (tertiary/aromatic N) is 3. The number of aromatic nitrogens is 3. The molecule has 0 aliphatic carbocycles. The Hall–Kier alpha value is -2.16. The molecule has 1 saturated heterocycles. The van der Waals surface area contributed by atoms with E-state index in [-0.39, 0.29) is 23.2 Å². The number of carbonyl (C=O) groups is 1. The highest BCUT2D eigenvalue weighted by atomic mass is 32.2. The van der Waals surface area contributed by atoms with Gasteiger partial charge in [0.2, 0.25) is 0 Å². The van der Waals surface area contributed by atoms with Crippen LogP contribution in [0.2, 0.25) is 0 Å². The van der Waals surface area contributed by atoms with Gasteiger partial charge in [-0.15, -0.1) is 17.9 Å². The van der Waals surface area contributed by atoms with Gasteiger partial charge in [0, 0.05) is 41.5 Å². The van der Waals surface area contributed by atoms with Crippen LogP contribution in [0.25, 0.3) is 10.2 Å². The van der Waals surface area contributed by atoms with Crippen LogP contribution in [0.5, 0.6) is 0 Å². The van der Waals surface area contributed by atoms with Gasteiger partial charge >= 0.3 is 0 Å². The Labute approximate surface area is 196 Å². The number of carbonyl (C=O) groups excluding carboxylic acids is 1. The number of thiophene rings is 1. The Balaban J connectivity index is 1.57. The lowest BCUT2D eigenvalue weighted by Gasteiger charge is -2.14. The normalized spacial score (nSPS) is 16.2. The number of thioether (sulfide) groups is 1. The lowest BCUT2D eigenvalue weighted by atomic mass is 10.2. The van der Waals surface area contributed by atoms with Crippen molar-refractivity contribution in [1.29, 1.82) is 0 Å². The summed E-state index contributed by atoms with van der Waals surface area (Å²) < 4.78 is 9.57. The smallest absolute Gasteiger partial charge is 0.263 e. The minimum absolute atomic E-state index is 0.0432. The second kappa shape index (κ2) is 9.77. The third-order valence-electron chi connectivity index (χ3n) is 5.94. The molecular formula is C24H29N3O3S2. The first-order chi connectivity index (χ1) is 15.4. The molecule has 4 heterocycles. The maximum Gasteiger partial charge on any atom is 0.263 e. The van der Waals surface area contributed by atoms with Crippen molar-refractivity contribution in [2.45, 2.75) is 64.4 Å². The van der Waals surface area contributed by atoms with E-state index < -0.39 is 0 Å². The zero-order valence-electron chi connectivity index (χ0n) is 18.8. The lowest BCUT2D eigenvalue weighted by molar-refractivity contribution is 0.0957. The zero-order chi connectivity index (χ0) is 22.8. The highest BCUT2D eigenvalue weighted by Crippen LogP contribution is 2.27. The van der Waals surface area contributed by atoms with Crippen LogP contribution in [0, 0.1) is 13.8 Å². The van der Waals surface area contributed by atoms with Crippen molar-refractivity contribution in [3.8, 4) is 0 Å². The van der Waals surface area contributed by atoms with Crippen molar-refractivity contribution in [2.75, 3.05) is 12.4 Å². The molecule has 0 radical (unpaired) electrons.